The van der Waals surface area contributed by atoms with E-state index in [0.29, 0.717) is 23.0 Å². The Kier molecular flexibility index (Phi) is 3.41. The highest BCUT2D eigenvalue weighted by atomic mass is 19.1. The van der Waals surface area contributed by atoms with Crippen LogP contribution in [0.1, 0.15) is 47.9 Å². The second kappa shape index (κ2) is 5.24. The smallest absolute Gasteiger partial charge is 0.268 e. The molecule has 1 aromatic heterocycles. The molecule has 1 heterocycles. The molecule has 4 nitrogen and oxygen atoms in total. The van der Waals surface area contributed by atoms with E-state index >= 15 is 0 Å². The van der Waals surface area contributed by atoms with E-state index in [-0.39, 0.29) is 11.7 Å². The van der Waals surface area contributed by atoms with Gasteiger partial charge in [-0.15, -0.1) is 0 Å². The molecule has 1 fully saturated rings. The van der Waals surface area contributed by atoms with E-state index in [1.807, 2.05) is 4.57 Å². The molecular formula is C16H18FN3O. The molecular weight excluding hydrogens is 269 g/mol. The van der Waals surface area contributed by atoms with E-state index < -0.39 is 6.04 Å². The summed E-state index contributed by atoms with van der Waals surface area (Å²) in [5.74, 6) is -0.545. The molecule has 110 valence electrons. The normalized spacial score (nSPS) is 15.7. The van der Waals surface area contributed by atoms with Crippen molar-refractivity contribution in [3.8, 4) is 0 Å². The highest BCUT2D eigenvalue weighted by molar-refractivity contribution is 5.94. The molecule has 21 heavy (non-hydrogen) atoms. The Morgan fingerprint density at radius 2 is 2.14 bits per heavy atom. The lowest BCUT2D eigenvalue weighted by Crippen LogP contribution is -2.29. The van der Waals surface area contributed by atoms with Gasteiger partial charge >= 0.3 is 0 Å². The number of anilines is 1. The number of carbonyl (C=O) groups is 1. The number of nitrogen functional groups attached to an aromatic ring is 1. The van der Waals surface area contributed by atoms with Crippen molar-refractivity contribution < 1.29 is 9.18 Å². The summed E-state index contributed by atoms with van der Waals surface area (Å²) >= 11 is 0. The van der Waals surface area contributed by atoms with Crippen LogP contribution in [0.3, 0.4) is 0 Å². The van der Waals surface area contributed by atoms with Gasteiger partial charge in [-0.3, -0.25) is 4.79 Å². The van der Waals surface area contributed by atoms with Crippen LogP contribution >= 0.6 is 0 Å². The number of hydrogen-bond donors (Lipinski definition) is 2. The summed E-state index contributed by atoms with van der Waals surface area (Å²) in [4.78, 5) is 12.4. The van der Waals surface area contributed by atoms with Crippen molar-refractivity contribution in [3.05, 3.63) is 53.6 Å². The standard InChI is InChI=1S/C16H18FN3O/c1-10(13-4-2-3-5-14(13)17)19-16(21)15-8-11(18)9-20(15)12-6-7-12/h2-5,8-10,12H,6-7,18H2,1H3,(H,19,21). The summed E-state index contributed by atoms with van der Waals surface area (Å²) in [6, 6.07) is 8.09. The fourth-order valence-corrected chi connectivity index (χ4v) is 2.51. The predicted molar refractivity (Wildman–Crippen MR) is 79.4 cm³/mol. The second-order valence-electron chi connectivity index (χ2n) is 5.51. The lowest BCUT2D eigenvalue weighted by Gasteiger charge is -2.16. The number of benzene rings is 1. The third-order valence-corrected chi connectivity index (χ3v) is 3.76. The quantitative estimate of drug-likeness (QED) is 0.908. The van der Waals surface area contributed by atoms with Crippen molar-refractivity contribution in [1.82, 2.24) is 9.88 Å². The third kappa shape index (κ3) is 2.77. The van der Waals surface area contributed by atoms with Gasteiger partial charge in [-0.25, -0.2) is 4.39 Å². The van der Waals surface area contributed by atoms with E-state index in [4.69, 9.17) is 5.73 Å². The van der Waals surface area contributed by atoms with Crippen molar-refractivity contribution in [2.75, 3.05) is 5.73 Å². The number of carbonyl (C=O) groups excluding carboxylic acids is 1. The Morgan fingerprint density at radius 3 is 2.81 bits per heavy atom. The minimum absolute atomic E-state index is 0.227. The summed E-state index contributed by atoms with van der Waals surface area (Å²) in [6.45, 7) is 1.77. The first-order chi connectivity index (χ1) is 10.1. The van der Waals surface area contributed by atoms with Gasteiger partial charge in [0.1, 0.15) is 11.5 Å². The summed E-state index contributed by atoms with van der Waals surface area (Å²) in [5.41, 5.74) is 7.38. The van der Waals surface area contributed by atoms with Crippen LogP contribution in [0.15, 0.2) is 36.5 Å². The average molecular weight is 287 g/mol. The van der Waals surface area contributed by atoms with Gasteiger partial charge in [-0.1, -0.05) is 18.2 Å². The number of rotatable bonds is 4. The summed E-state index contributed by atoms with van der Waals surface area (Å²) in [7, 11) is 0. The maximum Gasteiger partial charge on any atom is 0.268 e. The summed E-state index contributed by atoms with van der Waals surface area (Å²) < 4.78 is 15.7. The molecule has 0 radical (unpaired) electrons. The molecule has 0 spiro atoms. The first-order valence-electron chi connectivity index (χ1n) is 7.09. The van der Waals surface area contributed by atoms with Crippen LogP contribution in [0, 0.1) is 5.82 Å². The SMILES string of the molecule is CC(NC(=O)c1cc(N)cn1C1CC1)c1ccccc1F. The fraction of sp³-hybridized carbons (Fsp3) is 0.312. The lowest BCUT2D eigenvalue weighted by atomic mass is 10.1. The van der Waals surface area contributed by atoms with Gasteiger partial charge in [-0.05, 0) is 31.9 Å². The van der Waals surface area contributed by atoms with Crippen LogP contribution in [0.5, 0.6) is 0 Å². The molecule has 1 atom stereocenters. The van der Waals surface area contributed by atoms with Crippen LogP contribution in [-0.4, -0.2) is 10.5 Å². The molecule has 1 unspecified atom stereocenters. The van der Waals surface area contributed by atoms with E-state index in [1.54, 1.807) is 37.4 Å². The van der Waals surface area contributed by atoms with Crippen LogP contribution in [0.2, 0.25) is 0 Å². The van der Waals surface area contributed by atoms with Crippen molar-refractivity contribution in [3.63, 3.8) is 0 Å². The Bertz CT molecular complexity index is 676. The summed E-state index contributed by atoms with van der Waals surface area (Å²) in [6.07, 6.45) is 3.93. The molecule has 0 bridgehead atoms. The average Bonchev–Trinajstić information content (AvgIpc) is 3.21. The zero-order chi connectivity index (χ0) is 15.0. The van der Waals surface area contributed by atoms with Gasteiger partial charge in [0.2, 0.25) is 0 Å². The molecule has 1 aromatic carbocycles. The van der Waals surface area contributed by atoms with Gasteiger partial charge < -0.3 is 15.6 Å². The van der Waals surface area contributed by atoms with E-state index in [9.17, 15) is 9.18 Å². The number of nitrogens with two attached hydrogens (primary N) is 1. The zero-order valence-electron chi connectivity index (χ0n) is 11.8. The number of aromatic nitrogens is 1. The highest BCUT2D eigenvalue weighted by Gasteiger charge is 2.28. The minimum Gasteiger partial charge on any atom is -0.397 e. The third-order valence-electron chi connectivity index (χ3n) is 3.76. The molecule has 0 saturated heterocycles. The molecule has 1 aliphatic rings. The Hall–Kier alpha value is -2.30. The molecule has 3 N–H and O–H groups in total. The first kappa shape index (κ1) is 13.7. The van der Waals surface area contributed by atoms with Crippen LogP contribution < -0.4 is 11.1 Å². The number of hydrogen-bond acceptors (Lipinski definition) is 2. The Labute approximate surface area is 122 Å². The molecule has 1 amide bonds. The van der Waals surface area contributed by atoms with E-state index in [1.165, 1.54) is 6.07 Å². The first-order valence-corrected chi connectivity index (χ1v) is 7.09. The van der Waals surface area contributed by atoms with Crippen molar-refractivity contribution in [2.45, 2.75) is 31.8 Å². The Balaban J connectivity index is 1.79. The van der Waals surface area contributed by atoms with Crippen molar-refractivity contribution >= 4 is 11.6 Å². The fourth-order valence-electron chi connectivity index (χ4n) is 2.51. The maximum atomic E-state index is 13.7. The molecule has 5 heteroatoms. The van der Waals surface area contributed by atoms with Gasteiger partial charge in [0, 0.05) is 17.8 Å². The van der Waals surface area contributed by atoms with Gasteiger partial charge in [-0.2, -0.15) is 0 Å². The van der Waals surface area contributed by atoms with Crippen LogP contribution in [0.4, 0.5) is 10.1 Å². The molecule has 3 rings (SSSR count). The Morgan fingerprint density at radius 1 is 1.43 bits per heavy atom. The molecule has 1 saturated carbocycles. The van der Waals surface area contributed by atoms with E-state index in [0.717, 1.165) is 12.8 Å². The monoisotopic (exact) mass is 287 g/mol. The number of halogens is 1. The predicted octanol–water partition coefficient (Wildman–Crippen LogP) is 3.04. The van der Waals surface area contributed by atoms with Gasteiger partial charge in [0.15, 0.2) is 0 Å². The van der Waals surface area contributed by atoms with Crippen molar-refractivity contribution in [1.29, 1.82) is 0 Å². The maximum absolute atomic E-state index is 13.7. The number of amides is 1. The number of nitrogens with one attached hydrogen (secondary N) is 1. The second-order valence-corrected chi connectivity index (χ2v) is 5.51. The molecule has 1 aliphatic carbocycles. The minimum atomic E-state index is -0.400. The largest absolute Gasteiger partial charge is 0.397 e. The van der Waals surface area contributed by atoms with Gasteiger partial charge in [0.05, 0.1) is 11.7 Å². The summed E-state index contributed by atoms with van der Waals surface area (Å²) in [5, 5.41) is 2.83. The highest BCUT2D eigenvalue weighted by Crippen LogP contribution is 2.37. The van der Waals surface area contributed by atoms with Gasteiger partial charge in [0.25, 0.3) is 5.91 Å². The lowest BCUT2D eigenvalue weighted by molar-refractivity contribution is 0.0930. The topological polar surface area (TPSA) is 60.1 Å². The number of nitrogens with zero attached hydrogens (tertiary/aromatic N) is 1. The zero-order valence-corrected chi connectivity index (χ0v) is 11.8. The molecule has 2 aromatic rings. The van der Waals surface area contributed by atoms with Crippen LogP contribution in [0.25, 0.3) is 0 Å². The van der Waals surface area contributed by atoms with E-state index in [2.05, 4.69) is 5.32 Å². The molecule has 0 aliphatic heterocycles. The van der Waals surface area contributed by atoms with Crippen LogP contribution in [-0.2, 0) is 0 Å². The van der Waals surface area contributed by atoms with Crippen molar-refractivity contribution in [2.24, 2.45) is 0 Å².